The summed E-state index contributed by atoms with van der Waals surface area (Å²) in [6.07, 6.45) is 0.195. The third kappa shape index (κ3) is 3.16. The molecule has 1 unspecified atom stereocenters. The average Bonchev–Trinajstić information content (AvgIpc) is 3.11. The predicted octanol–water partition coefficient (Wildman–Crippen LogP) is 3.90. The van der Waals surface area contributed by atoms with Gasteiger partial charge in [0.2, 0.25) is 11.8 Å². The molecule has 0 saturated heterocycles. The lowest BCUT2D eigenvalue weighted by molar-refractivity contribution is -0.119. The summed E-state index contributed by atoms with van der Waals surface area (Å²) in [5, 5.41) is 5.35. The van der Waals surface area contributed by atoms with E-state index in [0.29, 0.717) is 11.3 Å². The number of hydrogen-bond donors (Lipinski definition) is 2. The summed E-state index contributed by atoms with van der Waals surface area (Å²) in [5.41, 5.74) is 3.54. The molecule has 3 aromatic rings. The Labute approximate surface area is 159 Å². The van der Waals surface area contributed by atoms with Gasteiger partial charge in [-0.2, -0.15) is 8.75 Å². The number of nitrogens with one attached hydrogen (secondary N) is 2. The van der Waals surface area contributed by atoms with Gasteiger partial charge in [-0.15, -0.1) is 0 Å². The number of hydrogen-bond acceptors (Lipinski definition) is 5. The fraction of sp³-hybridized carbons (Fsp3) is 0.263. The zero-order chi connectivity index (χ0) is 19.1. The Morgan fingerprint density at radius 1 is 1.30 bits per heavy atom. The molecule has 6 nitrogen and oxygen atoms in total. The van der Waals surface area contributed by atoms with Gasteiger partial charge in [-0.05, 0) is 29.3 Å². The number of amides is 2. The molecule has 2 heterocycles. The molecule has 0 bridgehead atoms. The van der Waals surface area contributed by atoms with E-state index in [-0.39, 0.29) is 35.8 Å². The number of nitrogens with zero attached hydrogens (tertiary/aromatic N) is 2. The van der Waals surface area contributed by atoms with Crippen LogP contribution in [-0.4, -0.2) is 20.6 Å². The predicted molar refractivity (Wildman–Crippen MR) is 102 cm³/mol. The van der Waals surface area contributed by atoms with Crippen molar-refractivity contribution in [3.05, 3.63) is 47.3 Å². The van der Waals surface area contributed by atoms with Crippen LogP contribution in [0.5, 0.6) is 0 Å². The molecule has 1 aliphatic rings. The molecular weight excluding hydrogens is 367 g/mol. The normalized spacial score (nSPS) is 16.3. The van der Waals surface area contributed by atoms with Gasteiger partial charge >= 0.3 is 0 Å². The van der Waals surface area contributed by atoms with Gasteiger partial charge in [0.1, 0.15) is 16.9 Å². The molecular formula is C19H17FN4O2S. The summed E-state index contributed by atoms with van der Waals surface area (Å²) in [7, 11) is 0. The van der Waals surface area contributed by atoms with Crippen LogP contribution in [-0.2, 0) is 9.59 Å². The second-order valence-electron chi connectivity index (χ2n) is 6.85. The van der Waals surface area contributed by atoms with Crippen molar-refractivity contribution in [1.82, 2.24) is 8.75 Å². The van der Waals surface area contributed by atoms with Crippen LogP contribution in [0.25, 0.3) is 11.0 Å². The van der Waals surface area contributed by atoms with Gasteiger partial charge in [0.25, 0.3) is 0 Å². The van der Waals surface area contributed by atoms with E-state index in [1.165, 1.54) is 12.1 Å². The largest absolute Gasteiger partial charge is 0.326 e. The summed E-state index contributed by atoms with van der Waals surface area (Å²) >= 11 is 1.11. The summed E-state index contributed by atoms with van der Waals surface area (Å²) in [5.74, 6) is -1.60. The Hall–Kier alpha value is -2.87. The summed E-state index contributed by atoms with van der Waals surface area (Å²) in [6.45, 7) is 3.46. The van der Waals surface area contributed by atoms with E-state index in [4.69, 9.17) is 0 Å². The maximum absolute atomic E-state index is 14.7. The minimum Gasteiger partial charge on any atom is -0.326 e. The fourth-order valence-electron chi connectivity index (χ4n) is 3.24. The third-order valence-electron chi connectivity index (χ3n) is 4.65. The number of carbonyl (C=O) groups is 2. The SMILES string of the molecule is CC(C)C(=O)Nc1cc2c(cc1F)C(c1cccc3nsnc13)CC(=O)N2. The highest BCUT2D eigenvalue weighted by molar-refractivity contribution is 7.00. The van der Waals surface area contributed by atoms with Crippen molar-refractivity contribution >= 4 is 46.0 Å². The van der Waals surface area contributed by atoms with Crippen molar-refractivity contribution in [2.24, 2.45) is 5.92 Å². The standard InChI is InChI=1S/C19H17FN4O2S/c1-9(2)19(26)22-16-8-15-12(6-13(16)20)11(7-17(25)21-15)10-4-3-5-14-18(10)24-27-23-14/h3-6,8-9,11H,7H2,1-2H3,(H,21,25)(H,22,26). The van der Waals surface area contributed by atoms with E-state index in [2.05, 4.69) is 19.4 Å². The zero-order valence-corrected chi connectivity index (χ0v) is 15.6. The van der Waals surface area contributed by atoms with Crippen molar-refractivity contribution in [3.8, 4) is 0 Å². The van der Waals surface area contributed by atoms with E-state index in [1.807, 2.05) is 18.2 Å². The van der Waals surface area contributed by atoms with Crippen LogP contribution < -0.4 is 10.6 Å². The smallest absolute Gasteiger partial charge is 0.227 e. The van der Waals surface area contributed by atoms with E-state index < -0.39 is 5.82 Å². The number of fused-ring (bicyclic) bond motifs is 2. The second kappa shape index (κ2) is 6.70. The van der Waals surface area contributed by atoms with Crippen molar-refractivity contribution in [2.75, 3.05) is 10.6 Å². The summed E-state index contributed by atoms with van der Waals surface area (Å²) in [6, 6.07) is 8.47. The van der Waals surface area contributed by atoms with Crippen LogP contribution in [0.4, 0.5) is 15.8 Å². The third-order valence-corrected chi connectivity index (χ3v) is 5.20. The highest BCUT2D eigenvalue weighted by Gasteiger charge is 2.30. The second-order valence-corrected chi connectivity index (χ2v) is 7.38. The molecule has 27 heavy (non-hydrogen) atoms. The van der Waals surface area contributed by atoms with Crippen LogP contribution >= 0.6 is 11.7 Å². The first-order valence-electron chi connectivity index (χ1n) is 8.59. The molecule has 2 aromatic carbocycles. The molecule has 138 valence electrons. The van der Waals surface area contributed by atoms with E-state index in [1.54, 1.807) is 13.8 Å². The van der Waals surface area contributed by atoms with Gasteiger partial charge in [-0.1, -0.05) is 26.0 Å². The Kier molecular flexibility index (Phi) is 4.35. The maximum Gasteiger partial charge on any atom is 0.227 e. The molecule has 0 spiro atoms. The summed E-state index contributed by atoms with van der Waals surface area (Å²) in [4.78, 5) is 24.2. The van der Waals surface area contributed by atoms with E-state index in [9.17, 15) is 14.0 Å². The first-order chi connectivity index (χ1) is 12.9. The van der Waals surface area contributed by atoms with Crippen LogP contribution in [0.15, 0.2) is 30.3 Å². The number of halogens is 1. The lowest BCUT2D eigenvalue weighted by Gasteiger charge is -2.27. The number of aromatic nitrogens is 2. The molecule has 0 radical (unpaired) electrons. The van der Waals surface area contributed by atoms with Gasteiger partial charge in [0.05, 0.1) is 17.4 Å². The fourth-order valence-corrected chi connectivity index (χ4v) is 3.80. The molecule has 0 fully saturated rings. The van der Waals surface area contributed by atoms with E-state index >= 15 is 0 Å². The van der Waals surface area contributed by atoms with Crippen molar-refractivity contribution in [1.29, 1.82) is 0 Å². The van der Waals surface area contributed by atoms with Gasteiger partial charge in [-0.25, -0.2) is 4.39 Å². The van der Waals surface area contributed by atoms with Gasteiger partial charge in [0, 0.05) is 23.9 Å². The molecule has 8 heteroatoms. The number of rotatable bonds is 3. The summed E-state index contributed by atoms with van der Waals surface area (Å²) < 4.78 is 23.3. The van der Waals surface area contributed by atoms with E-state index in [0.717, 1.165) is 28.3 Å². The average molecular weight is 384 g/mol. The Morgan fingerprint density at radius 3 is 2.89 bits per heavy atom. The Bertz CT molecular complexity index is 1060. The van der Waals surface area contributed by atoms with Gasteiger partial charge in [-0.3, -0.25) is 9.59 Å². The topological polar surface area (TPSA) is 84.0 Å². The quantitative estimate of drug-likeness (QED) is 0.717. The Morgan fingerprint density at radius 2 is 2.11 bits per heavy atom. The van der Waals surface area contributed by atoms with Crippen LogP contribution in [0.3, 0.4) is 0 Å². The lowest BCUT2D eigenvalue weighted by Crippen LogP contribution is -2.25. The van der Waals surface area contributed by atoms with Gasteiger partial charge < -0.3 is 10.6 Å². The molecule has 1 atom stereocenters. The molecule has 2 amide bonds. The molecule has 1 aromatic heterocycles. The van der Waals surface area contributed by atoms with Crippen molar-refractivity contribution in [3.63, 3.8) is 0 Å². The van der Waals surface area contributed by atoms with Crippen LogP contribution in [0.1, 0.15) is 37.3 Å². The minimum atomic E-state index is -0.535. The van der Waals surface area contributed by atoms with Crippen molar-refractivity contribution in [2.45, 2.75) is 26.2 Å². The lowest BCUT2D eigenvalue weighted by atomic mass is 9.84. The molecule has 0 saturated carbocycles. The number of carbonyl (C=O) groups excluding carboxylic acids is 2. The van der Waals surface area contributed by atoms with Crippen LogP contribution in [0, 0.1) is 11.7 Å². The number of benzene rings is 2. The number of anilines is 2. The maximum atomic E-state index is 14.7. The Balaban J connectivity index is 1.80. The monoisotopic (exact) mass is 384 g/mol. The first-order valence-corrected chi connectivity index (χ1v) is 9.32. The minimum absolute atomic E-state index is 0.0573. The highest BCUT2D eigenvalue weighted by Crippen LogP contribution is 2.41. The van der Waals surface area contributed by atoms with Gasteiger partial charge in [0.15, 0.2) is 0 Å². The molecule has 1 aliphatic heterocycles. The zero-order valence-electron chi connectivity index (χ0n) is 14.7. The van der Waals surface area contributed by atoms with Crippen LogP contribution in [0.2, 0.25) is 0 Å². The van der Waals surface area contributed by atoms with Crippen molar-refractivity contribution < 1.29 is 14.0 Å². The molecule has 4 rings (SSSR count). The first kappa shape index (κ1) is 17.5. The highest BCUT2D eigenvalue weighted by atomic mass is 32.1. The molecule has 0 aliphatic carbocycles. The molecule has 2 N–H and O–H groups in total.